The minimum absolute atomic E-state index is 0.130. The van der Waals surface area contributed by atoms with Crippen LogP contribution >= 0.6 is 0 Å². The third-order valence-electron chi connectivity index (χ3n) is 3.88. The minimum Gasteiger partial charge on any atom is -0.493 e. The van der Waals surface area contributed by atoms with Gasteiger partial charge in [0, 0.05) is 6.42 Å². The SMILES string of the molecule is Cc1ccccc1OCCCC(=O)NC(CO)Cc1ccc(F)cc1. The van der Waals surface area contributed by atoms with Crippen LogP contribution in [0.5, 0.6) is 5.75 Å². The van der Waals surface area contributed by atoms with E-state index in [2.05, 4.69) is 5.32 Å². The van der Waals surface area contributed by atoms with Crippen molar-refractivity contribution < 1.29 is 19.0 Å². The first-order chi connectivity index (χ1) is 12.1. The summed E-state index contributed by atoms with van der Waals surface area (Å²) in [5.41, 5.74) is 1.93. The molecule has 0 radical (unpaired) electrons. The molecule has 25 heavy (non-hydrogen) atoms. The molecule has 1 unspecified atom stereocenters. The van der Waals surface area contributed by atoms with E-state index in [4.69, 9.17) is 4.74 Å². The molecule has 2 aromatic carbocycles. The molecule has 2 aromatic rings. The number of halogens is 1. The Kier molecular flexibility index (Phi) is 7.41. The van der Waals surface area contributed by atoms with Crippen molar-refractivity contribution >= 4 is 5.91 Å². The summed E-state index contributed by atoms with van der Waals surface area (Å²) in [6, 6.07) is 13.4. The molecule has 0 saturated carbocycles. The van der Waals surface area contributed by atoms with Gasteiger partial charge in [-0.1, -0.05) is 30.3 Å². The van der Waals surface area contributed by atoms with Crippen LogP contribution in [0.25, 0.3) is 0 Å². The van der Waals surface area contributed by atoms with Crippen LogP contribution in [0.3, 0.4) is 0 Å². The lowest BCUT2D eigenvalue weighted by molar-refractivity contribution is -0.122. The quantitative estimate of drug-likeness (QED) is 0.687. The number of nitrogens with one attached hydrogen (secondary N) is 1. The molecule has 0 aliphatic rings. The van der Waals surface area contributed by atoms with Gasteiger partial charge in [0.15, 0.2) is 0 Å². The number of para-hydroxylation sites is 1. The van der Waals surface area contributed by atoms with Gasteiger partial charge in [-0.2, -0.15) is 0 Å². The zero-order chi connectivity index (χ0) is 18.1. The number of amides is 1. The number of benzene rings is 2. The summed E-state index contributed by atoms with van der Waals surface area (Å²) in [5, 5.41) is 12.2. The molecule has 2 N–H and O–H groups in total. The Bertz CT molecular complexity index is 673. The molecular weight excluding hydrogens is 321 g/mol. The van der Waals surface area contributed by atoms with Gasteiger partial charge in [0.1, 0.15) is 11.6 Å². The first kappa shape index (κ1) is 18.9. The van der Waals surface area contributed by atoms with Gasteiger partial charge >= 0.3 is 0 Å². The predicted octanol–water partition coefficient (Wildman–Crippen LogP) is 3.01. The molecule has 134 valence electrons. The van der Waals surface area contributed by atoms with Gasteiger partial charge in [-0.15, -0.1) is 0 Å². The molecule has 5 heteroatoms. The molecule has 0 aromatic heterocycles. The largest absolute Gasteiger partial charge is 0.493 e. The lowest BCUT2D eigenvalue weighted by Crippen LogP contribution is -2.39. The zero-order valence-electron chi connectivity index (χ0n) is 14.4. The van der Waals surface area contributed by atoms with Crippen LogP contribution in [0.15, 0.2) is 48.5 Å². The molecule has 4 nitrogen and oxygen atoms in total. The van der Waals surface area contributed by atoms with Crippen LogP contribution in [0.4, 0.5) is 4.39 Å². The van der Waals surface area contributed by atoms with Crippen LogP contribution in [0.2, 0.25) is 0 Å². The summed E-state index contributed by atoms with van der Waals surface area (Å²) in [6.45, 7) is 2.27. The van der Waals surface area contributed by atoms with E-state index in [-0.39, 0.29) is 24.4 Å². The van der Waals surface area contributed by atoms with E-state index in [9.17, 15) is 14.3 Å². The maximum absolute atomic E-state index is 12.9. The lowest BCUT2D eigenvalue weighted by atomic mass is 10.1. The second kappa shape index (κ2) is 9.79. The summed E-state index contributed by atoms with van der Waals surface area (Å²) in [6.07, 6.45) is 1.38. The summed E-state index contributed by atoms with van der Waals surface area (Å²) in [7, 11) is 0. The number of rotatable bonds is 9. The summed E-state index contributed by atoms with van der Waals surface area (Å²) < 4.78 is 18.6. The first-order valence-corrected chi connectivity index (χ1v) is 8.41. The Morgan fingerprint density at radius 1 is 1.20 bits per heavy atom. The maximum atomic E-state index is 12.9. The highest BCUT2D eigenvalue weighted by Crippen LogP contribution is 2.16. The van der Waals surface area contributed by atoms with Crippen LogP contribution in [-0.2, 0) is 11.2 Å². The van der Waals surface area contributed by atoms with Crippen molar-refractivity contribution in [2.45, 2.75) is 32.2 Å². The average molecular weight is 345 g/mol. The van der Waals surface area contributed by atoms with Crippen molar-refractivity contribution in [3.05, 3.63) is 65.5 Å². The molecule has 0 bridgehead atoms. The summed E-state index contributed by atoms with van der Waals surface area (Å²) in [4.78, 5) is 12.0. The molecule has 1 atom stereocenters. The van der Waals surface area contributed by atoms with Crippen LogP contribution in [-0.4, -0.2) is 30.3 Å². The molecule has 0 fully saturated rings. The van der Waals surface area contributed by atoms with Gasteiger partial charge in [0.05, 0.1) is 19.3 Å². The second-order valence-corrected chi connectivity index (χ2v) is 6.00. The fraction of sp³-hybridized carbons (Fsp3) is 0.350. The number of carbonyl (C=O) groups excluding carboxylic acids is 1. The van der Waals surface area contributed by atoms with Gasteiger partial charge in [-0.3, -0.25) is 4.79 Å². The predicted molar refractivity (Wildman–Crippen MR) is 95.0 cm³/mol. The van der Waals surface area contributed by atoms with Crippen molar-refractivity contribution in [1.29, 1.82) is 0 Å². The number of hydrogen-bond donors (Lipinski definition) is 2. The molecule has 0 aliphatic heterocycles. The van der Waals surface area contributed by atoms with E-state index in [1.165, 1.54) is 12.1 Å². The molecule has 0 heterocycles. The van der Waals surface area contributed by atoms with Crippen LogP contribution < -0.4 is 10.1 Å². The maximum Gasteiger partial charge on any atom is 0.220 e. The monoisotopic (exact) mass is 345 g/mol. The number of aliphatic hydroxyl groups is 1. The van der Waals surface area contributed by atoms with E-state index in [0.29, 0.717) is 25.9 Å². The number of aliphatic hydroxyl groups excluding tert-OH is 1. The Morgan fingerprint density at radius 2 is 1.92 bits per heavy atom. The molecule has 0 saturated heterocycles. The van der Waals surface area contributed by atoms with E-state index < -0.39 is 0 Å². The minimum atomic E-state index is -0.379. The molecular formula is C20H24FNO3. The average Bonchev–Trinajstić information content (AvgIpc) is 2.61. The Morgan fingerprint density at radius 3 is 2.60 bits per heavy atom. The van der Waals surface area contributed by atoms with Gasteiger partial charge in [0.2, 0.25) is 5.91 Å². The highest BCUT2D eigenvalue weighted by atomic mass is 19.1. The lowest BCUT2D eigenvalue weighted by Gasteiger charge is -2.16. The summed E-state index contributed by atoms with van der Waals surface area (Å²) in [5.74, 6) is 0.393. The van der Waals surface area contributed by atoms with Gasteiger partial charge < -0.3 is 15.2 Å². The normalized spacial score (nSPS) is 11.8. The van der Waals surface area contributed by atoms with Gasteiger partial charge in [-0.05, 0) is 49.1 Å². The Hall–Kier alpha value is -2.40. The fourth-order valence-electron chi connectivity index (χ4n) is 2.50. The van der Waals surface area contributed by atoms with Crippen molar-refractivity contribution in [2.24, 2.45) is 0 Å². The van der Waals surface area contributed by atoms with Crippen molar-refractivity contribution in [3.63, 3.8) is 0 Å². The van der Waals surface area contributed by atoms with E-state index >= 15 is 0 Å². The zero-order valence-corrected chi connectivity index (χ0v) is 14.4. The number of ether oxygens (including phenoxy) is 1. The highest BCUT2D eigenvalue weighted by Gasteiger charge is 2.12. The van der Waals surface area contributed by atoms with E-state index in [1.54, 1.807) is 12.1 Å². The molecule has 0 aliphatic carbocycles. The number of carbonyl (C=O) groups is 1. The smallest absolute Gasteiger partial charge is 0.220 e. The third kappa shape index (κ3) is 6.55. The van der Waals surface area contributed by atoms with Crippen molar-refractivity contribution in [3.8, 4) is 5.75 Å². The Labute approximate surface area is 147 Å². The molecule has 1 amide bonds. The standard InChI is InChI=1S/C20H24FNO3/c1-15-5-2-3-6-19(15)25-12-4-7-20(24)22-18(14-23)13-16-8-10-17(21)11-9-16/h2-3,5-6,8-11,18,23H,4,7,12-14H2,1H3,(H,22,24). The topological polar surface area (TPSA) is 58.6 Å². The van der Waals surface area contributed by atoms with E-state index in [1.807, 2.05) is 31.2 Å². The highest BCUT2D eigenvalue weighted by molar-refractivity contribution is 5.76. The Balaban J connectivity index is 1.71. The molecule has 0 spiro atoms. The van der Waals surface area contributed by atoms with E-state index in [0.717, 1.165) is 16.9 Å². The number of aryl methyl sites for hydroxylation is 1. The van der Waals surface area contributed by atoms with Crippen LogP contribution in [0.1, 0.15) is 24.0 Å². The van der Waals surface area contributed by atoms with Crippen molar-refractivity contribution in [1.82, 2.24) is 5.32 Å². The first-order valence-electron chi connectivity index (χ1n) is 8.41. The second-order valence-electron chi connectivity index (χ2n) is 6.00. The molecule has 2 rings (SSSR count). The number of hydrogen-bond acceptors (Lipinski definition) is 3. The fourth-order valence-corrected chi connectivity index (χ4v) is 2.50. The van der Waals surface area contributed by atoms with Gasteiger partial charge in [0.25, 0.3) is 0 Å². The summed E-state index contributed by atoms with van der Waals surface area (Å²) >= 11 is 0. The van der Waals surface area contributed by atoms with Crippen molar-refractivity contribution in [2.75, 3.05) is 13.2 Å². The van der Waals surface area contributed by atoms with Crippen LogP contribution in [0, 0.1) is 12.7 Å². The third-order valence-corrected chi connectivity index (χ3v) is 3.88. The van der Waals surface area contributed by atoms with Gasteiger partial charge in [-0.25, -0.2) is 4.39 Å².